The number of fused-ring (bicyclic) bond motifs is 10. The van der Waals surface area contributed by atoms with E-state index in [2.05, 4.69) is 244 Å². The van der Waals surface area contributed by atoms with Gasteiger partial charge >= 0.3 is 0 Å². The Morgan fingerprint density at radius 2 is 0.574 bits per heavy atom. The molecule has 101 heavy (non-hydrogen) atoms. The monoisotopic (exact) mass is 1330 g/mol. The van der Waals surface area contributed by atoms with Crippen LogP contribution in [0.15, 0.2) is 248 Å². The van der Waals surface area contributed by atoms with E-state index in [-0.39, 0.29) is 87.5 Å². The number of benzene rings is 12. The van der Waals surface area contributed by atoms with E-state index in [4.69, 9.17) is 2.74 Å². The van der Waals surface area contributed by atoms with Crippen molar-refractivity contribution in [3.05, 3.63) is 282 Å². The van der Waals surface area contributed by atoms with Crippen LogP contribution in [0.1, 0.15) is 180 Å². The average Bonchev–Trinajstić information content (AvgIpc) is 1.65. The summed E-state index contributed by atoms with van der Waals surface area (Å²) in [5.41, 5.74) is 17.7. The van der Waals surface area contributed by atoms with Crippen LogP contribution >= 0.6 is 0 Å². The van der Waals surface area contributed by atoms with Crippen LogP contribution in [0, 0.1) is 0 Å². The Balaban J connectivity index is 1.10. The van der Waals surface area contributed by atoms with Crippen LogP contribution in [-0.4, -0.2) is 15.8 Å². The first-order valence-corrected chi connectivity index (χ1v) is 35.3. The lowest BCUT2D eigenvalue weighted by molar-refractivity contribution is 0.568. The van der Waals surface area contributed by atoms with Gasteiger partial charge in [0.15, 0.2) is 0 Å². The fraction of sp³-hybridized carbons (Fsp3) is 0.250. The third-order valence-corrected chi connectivity index (χ3v) is 20.8. The van der Waals surface area contributed by atoms with Gasteiger partial charge in [-0.15, -0.1) is 0 Å². The number of nitrogens with zero attached hydrogens (tertiary/aromatic N) is 4. The molecule has 0 fully saturated rings. The fourth-order valence-corrected chi connectivity index (χ4v) is 14.9. The van der Waals surface area contributed by atoms with Gasteiger partial charge in [-0.3, -0.25) is 0 Å². The Morgan fingerprint density at radius 3 is 0.980 bits per heavy atom. The first-order chi connectivity index (χ1) is 54.5. The van der Waals surface area contributed by atoms with Crippen molar-refractivity contribution in [1.82, 2.24) is 9.13 Å². The van der Waals surface area contributed by atoms with Gasteiger partial charge in [-0.2, -0.15) is 0 Å². The van der Waals surface area contributed by atoms with Crippen LogP contribution in [-0.2, 0) is 32.5 Å². The van der Waals surface area contributed by atoms with E-state index >= 15 is 0 Å². The molecule has 16 rings (SSSR count). The summed E-state index contributed by atoms with van der Waals surface area (Å²) in [6.45, 7) is 39.2. The molecule has 2 aromatic heterocycles. The highest BCUT2D eigenvalue weighted by Gasteiger charge is 2.45. The second-order valence-electron chi connectivity index (χ2n) is 34.1. The maximum Gasteiger partial charge on any atom is 0.252 e. The predicted octanol–water partition coefficient (Wildman–Crippen LogP) is 24.7. The molecule has 4 nitrogen and oxygen atoms in total. The normalized spacial score (nSPS) is 15.8. The minimum Gasteiger partial charge on any atom is -0.311 e. The quantitative estimate of drug-likeness (QED) is 0.148. The molecule has 0 bridgehead atoms. The van der Waals surface area contributed by atoms with Gasteiger partial charge in [0.25, 0.3) is 6.71 Å². The molecule has 0 spiro atoms. The highest BCUT2D eigenvalue weighted by Crippen LogP contribution is 2.50. The van der Waals surface area contributed by atoms with Crippen LogP contribution in [0.2, 0.25) is 0 Å². The summed E-state index contributed by atoms with van der Waals surface area (Å²) in [5.74, 6) is 0. The van der Waals surface area contributed by atoms with Gasteiger partial charge in [-0.25, -0.2) is 0 Å². The Labute approximate surface area is 622 Å². The van der Waals surface area contributed by atoms with E-state index in [0.717, 1.165) is 83.4 Å². The van der Waals surface area contributed by atoms with Gasteiger partial charge in [-0.1, -0.05) is 294 Å². The van der Waals surface area contributed by atoms with Crippen molar-refractivity contribution < 1.29 is 21.9 Å². The zero-order chi connectivity index (χ0) is 84.7. The van der Waals surface area contributed by atoms with Gasteiger partial charge in [0.2, 0.25) is 0 Å². The summed E-state index contributed by atoms with van der Waals surface area (Å²) >= 11 is 0. The fourth-order valence-electron chi connectivity index (χ4n) is 14.9. The van der Waals surface area contributed by atoms with Crippen molar-refractivity contribution in [3.63, 3.8) is 0 Å². The smallest absolute Gasteiger partial charge is 0.252 e. The lowest BCUT2D eigenvalue weighted by Crippen LogP contribution is -2.61. The third kappa shape index (κ3) is 11.3. The predicted molar refractivity (Wildman–Crippen MR) is 438 cm³/mol. The first kappa shape index (κ1) is 49.4. The van der Waals surface area contributed by atoms with Gasteiger partial charge < -0.3 is 18.9 Å². The average molecular weight is 1330 g/mol. The molecule has 0 N–H and O–H groups in total. The summed E-state index contributed by atoms with van der Waals surface area (Å²) in [7, 11) is 0. The Bertz CT molecular complexity index is 6420. The van der Waals surface area contributed by atoms with Crippen molar-refractivity contribution in [1.29, 1.82) is 0 Å². The number of rotatable bonds is 7. The van der Waals surface area contributed by atoms with Crippen LogP contribution < -0.4 is 26.2 Å². The number of aromatic nitrogens is 2. The summed E-state index contributed by atoms with van der Waals surface area (Å²) in [4.78, 5) is 4.38. The highest BCUT2D eigenvalue weighted by atomic mass is 15.2. The summed E-state index contributed by atoms with van der Waals surface area (Å²) in [6, 6.07) is 45.2. The van der Waals surface area contributed by atoms with E-state index in [9.17, 15) is 19.2 Å². The highest BCUT2D eigenvalue weighted by molar-refractivity contribution is 7.00. The van der Waals surface area contributed by atoms with Gasteiger partial charge in [0, 0.05) is 61.4 Å². The van der Waals surface area contributed by atoms with Crippen molar-refractivity contribution in [3.8, 4) is 44.8 Å². The molecular formula is C96H95BN4. The van der Waals surface area contributed by atoms with Crippen LogP contribution in [0.3, 0.4) is 0 Å². The molecule has 0 saturated carbocycles. The SMILES string of the molecule is [2H]c1c([2H])c([2H])c2c(c1[2H])c1c([2H])c([2H])c([2H])c([2H])c1n2-c1ccc2c(c1)N(c1cccc(-c3cc(C(C)(C)C)cc(C(C)(C)C)c3)c1)c1cc(-n3c4c([2H])c([2H])c([2H])c([2H])c4c4c([2H])c([2H])c([2H])c([2H])c43)cc3c1B2c1ccc(-c2cc(C(C)(C)C)cc(C(C)(C)C)c2)cc1N3c1ccc(-c2cc(C(C)(C)C)cc(C(C)(C)C)c2)cc1. The molecule has 0 radical (unpaired) electrons. The molecule has 0 atom stereocenters. The van der Waals surface area contributed by atoms with Crippen molar-refractivity contribution in [2.75, 3.05) is 9.80 Å². The van der Waals surface area contributed by atoms with Crippen molar-refractivity contribution in [2.24, 2.45) is 0 Å². The number of hydrogen-bond acceptors (Lipinski definition) is 2. The van der Waals surface area contributed by atoms with E-state index < -0.39 is 103 Å². The van der Waals surface area contributed by atoms with Crippen LogP contribution in [0.4, 0.5) is 34.1 Å². The standard InChI is InChI=1S/C96H95BN4/c1-91(2,3)66-46-63(47-67(54-66)92(4,5)6)60-38-41-72(42-39-60)98-86-53-62(65-50-70(95(13,14)15)56-71(51-65)96(16,17)18)40-44-80(86)97-81-45-43-74(99-82-34-23-19-30-76(82)77-31-20-24-35-83(77)99)57-87(81)100(73-29-27-28-61(52-73)64-48-68(93(7,8)9)55-69(49-64)94(10,11)12)89-59-75(58-88(98)90(89)97)101-84-36-25-21-32-78(84)79-33-22-26-37-85(79)101/h19-59H,1-18H3/i19D,20D,21D,22D,23D,24D,25D,26D,30D,31D,32D,33D,34D,35D,36D,37D. The first-order valence-electron chi connectivity index (χ1n) is 43.3. The third-order valence-electron chi connectivity index (χ3n) is 20.8. The molecule has 0 unspecified atom stereocenters. The maximum atomic E-state index is 10.0. The van der Waals surface area contributed by atoms with Gasteiger partial charge in [0.05, 0.1) is 49.7 Å². The van der Waals surface area contributed by atoms with Crippen LogP contribution in [0.25, 0.3) is 88.4 Å². The lowest BCUT2D eigenvalue weighted by atomic mass is 9.33. The summed E-state index contributed by atoms with van der Waals surface area (Å²) in [6.07, 6.45) is 0. The molecule has 2 aliphatic rings. The Hall–Kier alpha value is -10.1. The minimum absolute atomic E-state index is 0.0648. The Morgan fingerprint density at radius 1 is 0.257 bits per heavy atom. The van der Waals surface area contributed by atoms with E-state index in [1.165, 1.54) is 15.7 Å². The van der Waals surface area contributed by atoms with Gasteiger partial charge in [-0.05, 0) is 194 Å². The van der Waals surface area contributed by atoms with E-state index in [1.54, 1.807) is 4.57 Å². The molecule has 0 amide bonds. The molecular weight excluding hydrogens is 1220 g/mol. The Kier molecular flexibility index (Phi) is 11.4. The lowest BCUT2D eigenvalue weighted by Gasteiger charge is -2.45. The molecule has 502 valence electrons. The van der Waals surface area contributed by atoms with Crippen molar-refractivity contribution in [2.45, 2.75) is 157 Å². The second-order valence-corrected chi connectivity index (χ2v) is 34.1. The number of para-hydroxylation sites is 4. The van der Waals surface area contributed by atoms with E-state index in [0.29, 0.717) is 22.7 Å². The van der Waals surface area contributed by atoms with Crippen LogP contribution in [0.5, 0.6) is 0 Å². The minimum atomic E-state index is -0.701. The number of anilines is 6. The second kappa shape index (κ2) is 23.2. The number of hydrogen-bond donors (Lipinski definition) is 0. The van der Waals surface area contributed by atoms with E-state index in [1.807, 2.05) is 42.5 Å². The molecule has 2 aliphatic heterocycles. The largest absolute Gasteiger partial charge is 0.311 e. The maximum absolute atomic E-state index is 10.0. The summed E-state index contributed by atoms with van der Waals surface area (Å²) < 4.78 is 155. The molecule has 12 aromatic carbocycles. The molecule has 0 aliphatic carbocycles. The molecule has 4 heterocycles. The molecule has 5 heteroatoms. The summed E-state index contributed by atoms with van der Waals surface area (Å²) in [5, 5.41) is -0.360. The van der Waals surface area contributed by atoms with Crippen molar-refractivity contribution >= 4 is 101 Å². The zero-order valence-electron chi connectivity index (χ0n) is 77.3. The zero-order valence-corrected chi connectivity index (χ0v) is 61.3. The topological polar surface area (TPSA) is 16.3 Å². The molecule has 14 aromatic rings. The molecule has 0 saturated heterocycles. The van der Waals surface area contributed by atoms with Gasteiger partial charge in [0.1, 0.15) is 0 Å².